The van der Waals surface area contributed by atoms with Gasteiger partial charge < -0.3 is 5.11 Å². The molecule has 1 nitrogen and oxygen atoms in total. The van der Waals surface area contributed by atoms with Crippen molar-refractivity contribution >= 4 is 0 Å². The minimum absolute atomic E-state index is 0.546. The molecule has 1 aromatic carbocycles. The average Bonchev–Trinajstić information content (AvgIpc) is 2.25. The van der Waals surface area contributed by atoms with Crippen LogP contribution in [0.15, 0.2) is 18.2 Å². The largest absolute Gasteiger partial charge is 0.390 e. The number of aliphatic hydroxyl groups is 1. The van der Waals surface area contributed by atoms with Gasteiger partial charge in [0, 0.05) is 0 Å². The van der Waals surface area contributed by atoms with E-state index in [1.165, 1.54) is 31.2 Å². The molecule has 0 spiro atoms. The van der Waals surface area contributed by atoms with Crippen LogP contribution in [0.25, 0.3) is 0 Å². The summed E-state index contributed by atoms with van der Waals surface area (Å²) in [4.78, 5) is 0. The van der Waals surface area contributed by atoms with E-state index in [0.717, 1.165) is 12.8 Å². The maximum Gasteiger partial charge on any atom is 0.0594 e. The van der Waals surface area contributed by atoms with Gasteiger partial charge in [0.05, 0.1) is 5.60 Å². The van der Waals surface area contributed by atoms with Gasteiger partial charge in [-0.2, -0.15) is 0 Å². The summed E-state index contributed by atoms with van der Waals surface area (Å²) in [7, 11) is 0. The molecule has 2 rings (SSSR count). The first-order chi connectivity index (χ1) is 7.54. The van der Waals surface area contributed by atoms with Gasteiger partial charge in [0.1, 0.15) is 0 Å². The molecule has 1 N–H and O–H groups in total. The van der Waals surface area contributed by atoms with Gasteiger partial charge in [-0.25, -0.2) is 0 Å². The Hall–Kier alpha value is -0.820. The molecule has 0 fully saturated rings. The van der Waals surface area contributed by atoms with E-state index in [-0.39, 0.29) is 0 Å². The fourth-order valence-corrected chi connectivity index (χ4v) is 2.39. The third kappa shape index (κ3) is 3.08. The van der Waals surface area contributed by atoms with Gasteiger partial charge in [0.25, 0.3) is 0 Å². The molecule has 0 aromatic heterocycles. The van der Waals surface area contributed by atoms with Gasteiger partial charge >= 0.3 is 0 Å². The van der Waals surface area contributed by atoms with Gasteiger partial charge in [0.2, 0.25) is 0 Å². The zero-order valence-electron chi connectivity index (χ0n) is 10.4. The number of hydrogen-bond donors (Lipinski definition) is 1. The predicted molar refractivity (Wildman–Crippen MR) is 67.7 cm³/mol. The number of aryl methyl sites for hydroxylation is 3. The molecule has 0 saturated heterocycles. The van der Waals surface area contributed by atoms with Gasteiger partial charge in [0.15, 0.2) is 0 Å². The lowest BCUT2D eigenvalue weighted by atomic mass is 9.89. The Morgan fingerprint density at radius 2 is 1.81 bits per heavy atom. The summed E-state index contributed by atoms with van der Waals surface area (Å²) < 4.78 is 0. The quantitative estimate of drug-likeness (QED) is 0.825. The first-order valence-corrected chi connectivity index (χ1v) is 6.38. The first-order valence-electron chi connectivity index (χ1n) is 6.38. The maximum absolute atomic E-state index is 9.72. The van der Waals surface area contributed by atoms with Crippen LogP contribution >= 0.6 is 0 Å². The number of hydrogen-bond acceptors (Lipinski definition) is 1. The van der Waals surface area contributed by atoms with E-state index in [0.29, 0.717) is 0 Å². The molecule has 0 amide bonds. The highest BCUT2D eigenvalue weighted by Gasteiger charge is 2.13. The van der Waals surface area contributed by atoms with E-state index in [9.17, 15) is 5.11 Å². The molecule has 0 radical (unpaired) electrons. The molecule has 88 valence electrons. The van der Waals surface area contributed by atoms with E-state index in [2.05, 4.69) is 18.2 Å². The molecule has 0 heterocycles. The molecule has 1 aliphatic rings. The molecule has 16 heavy (non-hydrogen) atoms. The van der Waals surface area contributed by atoms with E-state index in [1.54, 1.807) is 11.1 Å². The molecule has 0 saturated carbocycles. The van der Waals surface area contributed by atoms with Crippen molar-refractivity contribution < 1.29 is 5.11 Å². The number of fused-ring (bicyclic) bond motifs is 1. The molecule has 0 unspecified atom stereocenters. The fraction of sp³-hybridized carbons (Fsp3) is 0.600. The summed E-state index contributed by atoms with van der Waals surface area (Å²) in [6.45, 7) is 3.76. The summed E-state index contributed by atoms with van der Waals surface area (Å²) >= 11 is 0. The van der Waals surface area contributed by atoms with Crippen LogP contribution in [0.4, 0.5) is 0 Å². The van der Waals surface area contributed by atoms with Crippen LogP contribution in [-0.4, -0.2) is 10.7 Å². The Bertz CT molecular complexity index is 360. The van der Waals surface area contributed by atoms with Crippen LogP contribution in [-0.2, 0) is 19.3 Å². The van der Waals surface area contributed by atoms with Crippen LogP contribution in [0, 0.1) is 0 Å². The molecule has 1 heteroatoms. The zero-order valence-corrected chi connectivity index (χ0v) is 10.4. The maximum atomic E-state index is 9.72. The van der Waals surface area contributed by atoms with Crippen LogP contribution in [0.2, 0.25) is 0 Å². The molecule has 0 aliphatic heterocycles. The summed E-state index contributed by atoms with van der Waals surface area (Å²) in [5.74, 6) is 0. The van der Waals surface area contributed by atoms with Crippen LogP contribution in [0.5, 0.6) is 0 Å². The van der Waals surface area contributed by atoms with Crippen LogP contribution in [0.3, 0.4) is 0 Å². The Morgan fingerprint density at radius 1 is 1.12 bits per heavy atom. The lowest BCUT2D eigenvalue weighted by molar-refractivity contribution is 0.0714. The van der Waals surface area contributed by atoms with E-state index < -0.39 is 5.60 Å². The van der Waals surface area contributed by atoms with Crippen molar-refractivity contribution in [3.63, 3.8) is 0 Å². The minimum Gasteiger partial charge on any atom is -0.390 e. The monoisotopic (exact) mass is 218 g/mol. The topological polar surface area (TPSA) is 20.2 Å². The molecular weight excluding hydrogens is 196 g/mol. The van der Waals surface area contributed by atoms with Crippen molar-refractivity contribution in [2.24, 2.45) is 0 Å². The lowest BCUT2D eigenvalue weighted by Crippen LogP contribution is -2.19. The van der Waals surface area contributed by atoms with E-state index in [4.69, 9.17) is 0 Å². The smallest absolute Gasteiger partial charge is 0.0594 e. The van der Waals surface area contributed by atoms with E-state index >= 15 is 0 Å². The van der Waals surface area contributed by atoms with Crippen molar-refractivity contribution in [2.45, 2.75) is 58.0 Å². The number of benzene rings is 1. The highest BCUT2D eigenvalue weighted by Crippen LogP contribution is 2.23. The molecule has 1 aromatic rings. The summed E-state index contributed by atoms with van der Waals surface area (Å²) in [5.41, 5.74) is 3.91. The molecular formula is C15H22O. The second kappa shape index (κ2) is 4.58. The summed E-state index contributed by atoms with van der Waals surface area (Å²) in [5, 5.41) is 9.72. The zero-order chi connectivity index (χ0) is 11.6. The average molecular weight is 218 g/mol. The Kier molecular flexibility index (Phi) is 3.34. The highest BCUT2D eigenvalue weighted by atomic mass is 16.3. The van der Waals surface area contributed by atoms with Gasteiger partial charge in [-0.1, -0.05) is 18.2 Å². The minimum atomic E-state index is -0.546. The van der Waals surface area contributed by atoms with Gasteiger partial charge in [-0.05, 0) is 69.1 Å². The van der Waals surface area contributed by atoms with Crippen molar-refractivity contribution in [3.8, 4) is 0 Å². The Labute approximate surface area is 98.5 Å². The van der Waals surface area contributed by atoms with E-state index in [1.807, 2.05) is 13.8 Å². The third-order valence-corrected chi connectivity index (χ3v) is 3.44. The van der Waals surface area contributed by atoms with Crippen LogP contribution in [0.1, 0.15) is 49.8 Å². The second-order valence-corrected chi connectivity index (χ2v) is 5.62. The Balaban J connectivity index is 2.06. The van der Waals surface area contributed by atoms with Crippen LogP contribution < -0.4 is 0 Å². The molecule has 1 aliphatic carbocycles. The Morgan fingerprint density at radius 3 is 2.50 bits per heavy atom. The summed E-state index contributed by atoms with van der Waals surface area (Å²) in [6, 6.07) is 6.87. The third-order valence-electron chi connectivity index (χ3n) is 3.44. The van der Waals surface area contributed by atoms with Gasteiger partial charge in [-0.15, -0.1) is 0 Å². The standard InChI is InChI=1S/C15H22O/c1-15(2,16)10-9-12-7-8-13-5-3-4-6-14(13)11-12/h7-8,11,16H,3-6,9-10H2,1-2H3. The van der Waals surface area contributed by atoms with Crippen molar-refractivity contribution in [2.75, 3.05) is 0 Å². The highest BCUT2D eigenvalue weighted by molar-refractivity contribution is 5.33. The second-order valence-electron chi connectivity index (χ2n) is 5.62. The van der Waals surface area contributed by atoms with Crippen molar-refractivity contribution in [1.29, 1.82) is 0 Å². The predicted octanol–water partition coefficient (Wildman–Crippen LogP) is 3.27. The normalized spacial score (nSPS) is 15.9. The SMILES string of the molecule is CC(C)(O)CCc1ccc2c(c1)CCCC2. The lowest BCUT2D eigenvalue weighted by Gasteiger charge is -2.19. The summed E-state index contributed by atoms with van der Waals surface area (Å²) in [6.07, 6.45) is 6.99. The molecule has 0 atom stereocenters. The van der Waals surface area contributed by atoms with Crippen molar-refractivity contribution in [3.05, 3.63) is 34.9 Å². The number of rotatable bonds is 3. The van der Waals surface area contributed by atoms with Gasteiger partial charge in [-0.3, -0.25) is 0 Å². The van der Waals surface area contributed by atoms with Crippen molar-refractivity contribution in [1.82, 2.24) is 0 Å². The fourth-order valence-electron chi connectivity index (χ4n) is 2.39. The molecule has 0 bridgehead atoms. The first kappa shape index (κ1) is 11.7.